The molecule has 0 saturated carbocycles. The smallest absolute Gasteiger partial charge is 0.323 e. The Morgan fingerprint density at radius 3 is 2.64 bits per heavy atom. The van der Waals surface area contributed by atoms with Crippen molar-refractivity contribution in [1.82, 2.24) is 4.90 Å². The highest BCUT2D eigenvalue weighted by Gasteiger charge is 2.38. The average Bonchev–Trinajstić information content (AvgIpc) is 2.63. The molecule has 0 aliphatic carbocycles. The Bertz CT molecular complexity index is 684. The number of aliphatic carboxylic acids is 1. The first-order valence-electron chi connectivity index (χ1n) is 8.44. The van der Waals surface area contributed by atoms with E-state index in [1.54, 1.807) is 11.9 Å². The van der Waals surface area contributed by atoms with Gasteiger partial charge >= 0.3 is 5.97 Å². The summed E-state index contributed by atoms with van der Waals surface area (Å²) in [6.07, 6.45) is 1.29. The molecule has 2 aliphatic heterocycles. The maximum absolute atomic E-state index is 13.2. The third-order valence-electron chi connectivity index (χ3n) is 4.94. The molecule has 2 heterocycles. The molecule has 0 bridgehead atoms. The van der Waals surface area contributed by atoms with Crippen LogP contribution in [0, 0.1) is 0 Å². The van der Waals surface area contributed by atoms with Crippen LogP contribution in [0.3, 0.4) is 0 Å². The van der Waals surface area contributed by atoms with Gasteiger partial charge in [0.25, 0.3) is 0 Å². The summed E-state index contributed by atoms with van der Waals surface area (Å²) in [6, 6.07) is 7.13. The van der Waals surface area contributed by atoms with Crippen molar-refractivity contribution in [2.75, 3.05) is 31.7 Å². The maximum atomic E-state index is 13.2. The van der Waals surface area contributed by atoms with Crippen molar-refractivity contribution in [3.8, 4) is 0 Å². The van der Waals surface area contributed by atoms with Crippen molar-refractivity contribution in [3.63, 3.8) is 0 Å². The van der Waals surface area contributed by atoms with Crippen LogP contribution in [0.1, 0.15) is 30.7 Å². The second-order valence-corrected chi connectivity index (χ2v) is 6.47. The van der Waals surface area contributed by atoms with Crippen LogP contribution in [0.2, 0.25) is 0 Å². The Morgan fingerprint density at radius 1 is 1.28 bits per heavy atom. The van der Waals surface area contributed by atoms with Crippen LogP contribution in [-0.4, -0.2) is 60.6 Å². The summed E-state index contributed by atoms with van der Waals surface area (Å²) < 4.78 is 5.32. The second kappa shape index (κ2) is 7.23. The minimum absolute atomic E-state index is 0.0612. The van der Waals surface area contributed by atoms with Crippen molar-refractivity contribution in [2.24, 2.45) is 0 Å². The first-order chi connectivity index (χ1) is 12.0. The number of amides is 2. The Labute approximate surface area is 146 Å². The predicted molar refractivity (Wildman–Crippen MR) is 90.4 cm³/mol. The van der Waals surface area contributed by atoms with E-state index in [1.165, 1.54) is 4.90 Å². The van der Waals surface area contributed by atoms with Gasteiger partial charge in [-0.25, -0.2) is 0 Å². The van der Waals surface area contributed by atoms with E-state index in [-0.39, 0.29) is 30.8 Å². The van der Waals surface area contributed by atoms with Gasteiger partial charge in [-0.15, -0.1) is 0 Å². The molecule has 0 unspecified atom stereocenters. The van der Waals surface area contributed by atoms with Crippen molar-refractivity contribution in [2.45, 2.75) is 31.2 Å². The molecule has 2 aliphatic rings. The van der Waals surface area contributed by atoms with Gasteiger partial charge in [0.05, 0.1) is 5.92 Å². The first-order valence-corrected chi connectivity index (χ1v) is 8.44. The number of nitrogens with zero attached hydrogens (tertiary/aromatic N) is 2. The summed E-state index contributed by atoms with van der Waals surface area (Å²) in [5, 5.41) is 9.25. The monoisotopic (exact) mass is 346 g/mol. The van der Waals surface area contributed by atoms with Gasteiger partial charge in [-0.3, -0.25) is 14.4 Å². The second-order valence-electron chi connectivity index (χ2n) is 6.47. The Kier molecular flexibility index (Phi) is 5.03. The molecule has 1 N–H and O–H groups in total. The number of para-hydroxylation sites is 1. The van der Waals surface area contributed by atoms with Crippen LogP contribution in [0.5, 0.6) is 0 Å². The van der Waals surface area contributed by atoms with Crippen molar-refractivity contribution in [3.05, 3.63) is 29.8 Å². The highest BCUT2D eigenvalue weighted by atomic mass is 16.5. The lowest BCUT2D eigenvalue weighted by atomic mass is 9.87. The van der Waals surface area contributed by atoms with Crippen LogP contribution >= 0.6 is 0 Å². The van der Waals surface area contributed by atoms with E-state index in [0.717, 1.165) is 5.56 Å². The minimum Gasteiger partial charge on any atom is -0.480 e. The van der Waals surface area contributed by atoms with Crippen LogP contribution in [-0.2, 0) is 19.1 Å². The zero-order valence-electron chi connectivity index (χ0n) is 14.2. The van der Waals surface area contributed by atoms with Crippen molar-refractivity contribution >= 4 is 23.5 Å². The fourth-order valence-corrected chi connectivity index (χ4v) is 3.59. The zero-order chi connectivity index (χ0) is 18.0. The zero-order valence-corrected chi connectivity index (χ0v) is 14.2. The fraction of sp³-hybridized carbons (Fsp3) is 0.500. The molecule has 134 valence electrons. The van der Waals surface area contributed by atoms with E-state index in [0.29, 0.717) is 31.7 Å². The molecule has 3 rings (SSSR count). The van der Waals surface area contributed by atoms with Gasteiger partial charge in [0.2, 0.25) is 11.8 Å². The van der Waals surface area contributed by atoms with E-state index in [1.807, 2.05) is 24.3 Å². The SMILES string of the molecule is CN1C(=O)C[C@@H](C(=O)N(CC(=O)O)C2CCOCC2)c2ccccc21. The summed E-state index contributed by atoms with van der Waals surface area (Å²) >= 11 is 0. The van der Waals surface area contributed by atoms with Gasteiger partial charge in [-0.2, -0.15) is 0 Å². The molecule has 25 heavy (non-hydrogen) atoms. The molecular weight excluding hydrogens is 324 g/mol. The molecule has 1 atom stereocenters. The van der Waals surface area contributed by atoms with E-state index in [2.05, 4.69) is 0 Å². The number of benzene rings is 1. The standard InChI is InChI=1S/C18H22N2O5/c1-19-15-5-3-2-4-13(15)14(10-16(19)21)18(24)20(11-17(22)23)12-6-8-25-9-7-12/h2-5,12,14H,6-11H2,1H3,(H,22,23)/t14-/m1/s1. The van der Waals surface area contributed by atoms with E-state index in [9.17, 15) is 19.5 Å². The molecule has 0 radical (unpaired) electrons. The number of anilines is 1. The Morgan fingerprint density at radius 2 is 1.96 bits per heavy atom. The summed E-state index contributed by atoms with van der Waals surface area (Å²) in [7, 11) is 1.69. The van der Waals surface area contributed by atoms with E-state index < -0.39 is 11.9 Å². The number of ether oxygens (including phenoxy) is 1. The number of carbonyl (C=O) groups is 3. The van der Waals surface area contributed by atoms with Gasteiger partial charge in [-0.05, 0) is 24.5 Å². The fourth-order valence-electron chi connectivity index (χ4n) is 3.59. The van der Waals surface area contributed by atoms with Crippen LogP contribution < -0.4 is 4.90 Å². The van der Waals surface area contributed by atoms with Crippen molar-refractivity contribution in [1.29, 1.82) is 0 Å². The first kappa shape index (κ1) is 17.4. The van der Waals surface area contributed by atoms with Gasteiger partial charge in [-0.1, -0.05) is 18.2 Å². The van der Waals surface area contributed by atoms with Gasteiger partial charge in [0.1, 0.15) is 6.54 Å². The van der Waals surface area contributed by atoms with Gasteiger partial charge in [0, 0.05) is 38.4 Å². The van der Waals surface area contributed by atoms with E-state index >= 15 is 0 Å². The molecule has 1 aromatic carbocycles. The molecule has 7 heteroatoms. The summed E-state index contributed by atoms with van der Waals surface area (Å²) in [4.78, 5) is 39.8. The predicted octanol–water partition coefficient (Wildman–Crippen LogP) is 1.23. The van der Waals surface area contributed by atoms with Gasteiger partial charge < -0.3 is 19.6 Å². The number of hydrogen-bond acceptors (Lipinski definition) is 4. The number of fused-ring (bicyclic) bond motifs is 1. The minimum atomic E-state index is -1.05. The molecule has 1 fully saturated rings. The highest BCUT2D eigenvalue weighted by molar-refractivity contribution is 6.02. The topological polar surface area (TPSA) is 87.2 Å². The van der Waals surface area contributed by atoms with Crippen LogP contribution in [0.15, 0.2) is 24.3 Å². The molecule has 1 saturated heterocycles. The lowest BCUT2D eigenvalue weighted by Crippen LogP contribution is -2.49. The molecule has 1 aromatic rings. The number of carbonyl (C=O) groups excluding carboxylic acids is 2. The molecule has 2 amide bonds. The van der Waals surface area contributed by atoms with E-state index in [4.69, 9.17) is 4.74 Å². The number of carboxylic acids is 1. The van der Waals surface area contributed by atoms with Gasteiger partial charge in [0.15, 0.2) is 0 Å². The third kappa shape index (κ3) is 3.51. The molecule has 7 nitrogen and oxygen atoms in total. The largest absolute Gasteiger partial charge is 0.480 e. The number of carboxylic acid groups (broad SMARTS) is 1. The molecule has 0 spiro atoms. The summed E-state index contributed by atoms with van der Waals surface area (Å²) in [6.45, 7) is 0.667. The maximum Gasteiger partial charge on any atom is 0.323 e. The molecular formula is C18H22N2O5. The summed E-state index contributed by atoms with van der Waals surface area (Å²) in [5.41, 5.74) is 1.48. The Hall–Kier alpha value is -2.41. The average molecular weight is 346 g/mol. The van der Waals surface area contributed by atoms with Crippen LogP contribution in [0.4, 0.5) is 5.69 Å². The number of hydrogen-bond donors (Lipinski definition) is 1. The Balaban J connectivity index is 1.92. The highest BCUT2D eigenvalue weighted by Crippen LogP contribution is 2.37. The lowest BCUT2D eigenvalue weighted by Gasteiger charge is -2.38. The quantitative estimate of drug-likeness (QED) is 0.886. The normalized spacial score (nSPS) is 20.9. The lowest BCUT2D eigenvalue weighted by molar-refractivity contribution is -0.149. The third-order valence-corrected chi connectivity index (χ3v) is 4.94. The van der Waals surface area contributed by atoms with Crippen molar-refractivity contribution < 1.29 is 24.2 Å². The summed E-state index contributed by atoms with van der Waals surface area (Å²) in [5.74, 6) is -2.11. The van der Waals surface area contributed by atoms with Crippen LogP contribution in [0.25, 0.3) is 0 Å². The number of rotatable bonds is 4. The molecule has 0 aromatic heterocycles.